The summed E-state index contributed by atoms with van der Waals surface area (Å²) in [7, 11) is 1.56. The fourth-order valence-electron chi connectivity index (χ4n) is 1.78. The maximum absolute atomic E-state index is 12.2. The van der Waals surface area contributed by atoms with Crippen molar-refractivity contribution in [3.05, 3.63) is 51.5 Å². The third kappa shape index (κ3) is 4.67. The minimum atomic E-state index is -0.743. The predicted molar refractivity (Wildman–Crippen MR) is 93.2 cm³/mol. The number of rotatable bonds is 5. The highest BCUT2D eigenvalue weighted by Crippen LogP contribution is 2.32. The molecule has 0 fully saturated rings. The first-order valence-corrected chi connectivity index (χ1v) is 7.80. The van der Waals surface area contributed by atoms with Gasteiger partial charge in [-0.25, -0.2) is 0 Å². The van der Waals surface area contributed by atoms with Crippen LogP contribution in [0, 0.1) is 0 Å². The molecule has 23 heavy (non-hydrogen) atoms. The van der Waals surface area contributed by atoms with Crippen molar-refractivity contribution < 1.29 is 14.3 Å². The molecule has 0 saturated heterocycles. The topological polar surface area (TPSA) is 47.6 Å². The molecule has 2 aromatic rings. The minimum absolute atomic E-state index is 0.293. The number of methoxy groups -OCH3 is 1. The van der Waals surface area contributed by atoms with Gasteiger partial charge < -0.3 is 14.8 Å². The molecule has 0 aliphatic carbocycles. The number of benzene rings is 2. The van der Waals surface area contributed by atoms with Crippen LogP contribution < -0.4 is 14.8 Å². The second-order valence-corrected chi connectivity index (χ2v) is 5.90. The number of carbonyl (C=O) groups excluding carboxylic acids is 1. The number of amides is 1. The van der Waals surface area contributed by atoms with Crippen molar-refractivity contribution in [1.29, 1.82) is 0 Å². The molecule has 1 amide bonds. The predicted octanol–water partition coefficient (Wildman–Crippen LogP) is 5.06. The van der Waals surface area contributed by atoms with Crippen molar-refractivity contribution >= 4 is 46.4 Å². The van der Waals surface area contributed by atoms with Crippen molar-refractivity contribution in [2.24, 2.45) is 0 Å². The van der Waals surface area contributed by atoms with Crippen LogP contribution in [0.2, 0.25) is 15.1 Å². The quantitative estimate of drug-likeness (QED) is 0.744. The highest BCUT2D eigenvalue weighted by molar-refractivity contribution is 6.44. The molecule has 1 atom stereocenters. The zero-order chi connectivity index (χ0) is 17.0. The Bertz CT molecular complexity index is 722. The third-order valence-corrected chi connectivity index (χ3v) is 4.03. The molecule has 0 saturated carbocycles. The molecule has 0 aliphatic heterocycles. The van der Waals surface area contributed by atoms with Crippen LogP contribution in [0.5, 0.6) is 11.5 Å². The van der Waals surface area contributed by atoms with E-state index < -0.39 is 6.10 Å². The van der Waals surface area contributed by atoms with Crippen LogP contribution in [-0.2, 0) is 4.79 Å². The van der Waals surface area contributed by atoms with Crippen molar-refractivity contribution in [3.8, 4) is 11.5 Å². The van der Waals surface area contributed by atoms with Crippen LogP contribution in [0.3, 0.4) is 0 Å². The van der Waals surface area contributed by atoms with Crippen molar-refractivity contribution in [2.75, 3.05) is 12.4 Å². The Labute approximate surface area is 149 Å². The number of nitrogens with one attached hydrogen (secondary N) is 1. The second-order valence-electron chi connectivity index (χ2n) is 4.67. The lowest BCUT2D eigenvalue weighted by Gasteiger charge is -2.16. The van der Waals surface area contributed by atoms with Gasteiger partial charge in [0.1, 0.15) is 11.5 Å². The lowest BCUT2D eigenvalue weighted by molar-refractivity contribution is -0.122. The van der Waals surface area contributed by atoms with Gasteiger partial charge in [-0.2, -0.15) is 0 Å². The zero-order valence-electron chi connectivity index (χ0n) is 12.4. The average Bonchev–Trinajstić information content (AvgIpc) is 2.52. The molecule has 1 N–H and O–H groups in total. The first kappa shape index (κ1) is 17.7. The van der Waals surface area contributed by atoms with E-state index in [1.165, 1.54) is 12.1 Å². The molecule has 7 heteroatoms. The molecule has 0 spiro atoms. The smallest absolute Gasteiger partial charge is 0.265 e. The standard InChI is InChI=1S/C16H14Cl3NO3/c1-9(23-11-5-3-4-10(6-11)22-2)16(21)20-15-8-13(18)12(17)7-14(15)19/h3-9H,1-2H3,(H,20,21). The van der Waals surface area contributed by atoms with Gasteiger partial charge in [0.25, 0.3) is 5.91 Å². The van der Waals surface area contributed by atoms with Gasteiger partial charge in [0.2, 0.25) is 0 Å². The summed E-state index contributed by atoms with van der Waals surface area (Å²) >= 11 is 17.8. The van der Waals surface area contributed by atoms with Gasteiger partial charge in [-0.1, -0.05) is 40.9 Å². The molecular formula is C16H14Cl3NO3. The summed E-state index contributed by atoms with van der Waals surface area (Å²) in [5.41, 5.74) is 0.368. The van der Waals surface area contributed by atoms with Crippen LogP contribution in [0.1, 0.15) is 6.92 Å². The Morgan fingerprint density at radius 3 is 2.39 bits per heavy atom. The van der Waals surface area contributed by atoms with Crippen molar-refractivity contribution in [1.82, 2.24) is 0 Å². The summed E-state index contributed by atoms with van der Waals surface area (Å²) in [6.07, 6.45) is -0.743. The normalized spacial score (nSPS) is 11.7. The number of halogens is 3. The lowest BCUT2D eigenvalue weighted by atomic mass is 10.3. The van der Waals surface area contributed by atoms with E-state index in [2.05, 4.69) is 5.32 Å². The van der Waals surface area contributed by atoms with Crippen LogP contribution in [0.25, 0.3) is 0 Å². The molecule has 2 aromatic carbocycles. The monoisotopic (exact) mass is 373 g/mol. The van der Waals surface area contributed by atoms with Crippen molar-refractivity contribution in [2.45, 2.75) is 13.0 Å². The number of hydrogen-bond acceptors (Lipinski definition) is 3. The summed E-state index contributed by atoms with van der Waals surface area (Å²) in [5, 5.41) is 3.56. The Kier molecular flexibility index (Phi) is 5.99. The van der Waals surface area contributed by atoms with E-state index in [0.29, 0.717) is 32.3 Å². The maximum atomic E-state index is 12.2. The van der Waals surface area contributed by atoms with E-state index in [1.54, 1.807) is 38.3 Å². The number of hydrogen-bond donors (Lipinski definition) is 1. The van der Waals surface area contributed by atoms with Gasteiger partial charge >= 0.3 is 0 Å². The molecule has 122 valence electrons. The second kappa shape index (κ2) is 7.77. The minimum Gasteiger partial charge on any atom is -0.497 e. The first-order valence-electron chi connectivity index (χ1n) is 6.67. The van der Waals surface area contributed by atoms with Gasteiger partial charge in [-0.05, 0) is 31.2 Å². The van der Waals surface area contributed by atoms with Gasteiger partial charge in [0.05, 0.1) is 27.9 Å². The molecule has 4 nitrogen and oxygen atoms in total. The summed E-state index contributed by atoms with van der Waals surface area (Å²) in [6, 6.07) is 9.94. The summed E-state index contributed by atoms with van der Waals surface area (Å²) in [5.74, 6) is 0.794. The molecule has 0 aliphatic rings. The Morgan fingerprint density at radius 2 is 1.70 bits per heavy atom. The summed E-state index contributed by atoms with van der Waals surface area (Å²) < 4.78 is 10.7. The van der Waals surface area contributed by atoms with Crippen molar-refractivity contribution in [3.63, 3.8) is 0 Å². The Hall–Kier alpha value is -1.62. The van der Waals surface area contributed by atoms with E-state index >= 15 is 0 Å². The molecule has 0 aromatic heterocycles. The van der Waals surface area contributed by atoms with E-state index in [4.69, 9.17) is 44.3 Å². The number of ether oxygens (including phenoxy) is 2. The molecule has 2 rings (SSSR count). The van der Waals surface area contributed by atoms with Crippen LogP contribution in [0.4, 0.5) is 5.69 Å². The third-order valence-electron chi connectivity index (χ3n) is 2.99. The zero-order valence-corrected chi connectivity index (χ0v) is 14.7. The average molecular weight is 375 g/mol. The SMILES string of the molecule is COc1cccc(OC(C)C(=O)Nc2cc(Cl)c(Cl)cc2Cl)c1. The van der Waals surface area contributed by atoms with E-state index in [0.717, 1.165) is 0 Å². The van der Waals surface area contributed by atoms with E-state index in [1.807, 2.05) is 0 Å². The molecule has 0 heterocycles. The van der Waals surface area contributed by atoms with E-state index in [9.17, 15) is 4.79 Å². The van der Waals surface area contributed by atoms with Gasteiger partial charge in [-0.15, -0.1) is 0 Å². The fourth-order valence-corrected chi connectivity index (χ4v) is 2.38. The van der Waals surface area contributed by atoms with Crippen LogP contribution in [0.15, 0.2) is 36.4 Å². The summed E-state index contributed by atoms with van der Waals surface area (Å²) in [4.78, 5) is 12.2. The molecule has 0 bridgehead atoms. The van der Waals surface area contributed by atoms with Gasteiger partial charge in [-0.3, -0.25) is 4.79 Å². The van der Waals surface area contributed by atoms with Crippen LogP contribution in [-0.4, -0.2) is 19.1 Å². The Balaban J connectivity index is 2.06. The largest absolute Gasteiger partial charge is 0.497 e. The Morgan fingerprint density at radius 1 is 1.04 bits per heavy atom. The highest BCUT2D eigenvalue weighted by atomic mass is 35.5. The highest BCUT2D eigenvalue weighted by Gasteiger charge is 2.17. The van der Waals surface area contributed by atoms with E-state index in [-0.39, 0.29) is 5.91 Å². The van der Waals surface area contributed by atoms with Gasteiger partial charge in [0.15, 0.2) is 6.10 Å². The molecular weight excluding hydrogens is 361 g/mol. The lowest BCUT2D eigenvalue weighted by Crippen LogP contribution is -2.30. The van der Waals surface area contributed by atoms with Crippen LogP contribution >= 0.6 is 34.8 Å². The summed E-state index contributed by atoms with van der Waals surface area (Å²) in [6.45, 7) is 1.63. The number of carbonyl (C=O) groups is 1. The first-order chi connectivity index (χ1) is 10.9. The molecule has 1 unspecified atom stereocenters. The fraction of sp³-hybridized carbons (Fsp3) is 0.188. The maximum Gasteiger partial charge on any atom is 0.265 e. The van der Waals surface area contributed by atoms with Gasteiger partial charge in [0, 0.05) is 6.07 Å². The number of anilines is 1. The molecule has 0 radical (unpaired) electrons.